The van der Waals surface area contributed by atoms with Gasteiger partial charge in [-0.05, 0) is 13.8 Å². The monoisotopic (exact) mass is 224 g/mol. The van der Waals surface area contributed by atoms with Gasteiger partial charge in [0.1, 0.15) is 0 Å². The summed E-state index contributed by atoms with van der Waals surface area (Å²) in [7, 11) is 2.73. The van der Waals surface area contributed by atoms with Gasteiger partial charge in [0.25, 0.3) is 0 Å². The summed E-state index contributed by atoms with van der Waals surface area (Å²) in [5.74, 6) is 0. The van der Waals surface area contributed by atoms with Gasteiger partial charge < -0.3 is 10.2 Å². The fraction of sp³-hybridized carbons (Fsp3) is 0.600. The van der Waals surface area contributed by atoms with Crippen molar-refractivity contribution in [2.24, 2.45) is 0 Å². The maximum absolute atomic E-state index is 7.62. The van der Waals surface area contributed by atoms with Gasteiger partial charge in [-0.2, -0.15) is 0 Å². The molecule has 0 heterocycles. The molecule has 0 aromatic rings. The van der Waals surface area contributed by atoms with Gasteiger partial charge in [0.15, 0.2) is 0 Å². The maximum atomic E-state index is 7.62. The summed E-state index contributed by atoms with van der Waals surface area (Å²) >= 11 is 0. The van der Waals surface area contributed by atoms with Crippen LogP contribution in [0.3, 0.4) is 0 Å². The summed E-state index contributed by atoms with van der Waals surface area (Å²) in [5.41, 5.74) is 0. The normalized spacial score (nSPS) is 6.53. The molecule has 0 fully saturated rings. The van der Waals surface area contributed by atoms with E-state index in [4.69, 9.17) is 10.2 Å². The van der Waals surface area contributed by atoms with Crippen molar-refractivity contribution in [2.75, 3.05) is 27.4 Å². The van der Waals surface area contributed by atoms with Crippen molar-refractivity contribution in [2.45, 2.75) is 13.8 Å². The standard InChI is InChI=1S/2C3H6.C2H6O3.C2H6O2/c2*1-3-2;1-3-5-4-2;3-1-2-4/h2*3H,1H2,2H3;1-2H3;3-4H,1-2H2. The van der Waals surface area contributed by atoms with Crippen LogP contribution >= 0.6 is 0 Å². The predicted molar refractivity (Wildman–Crippen MR) is 61.0 cm³/mol. The van der Waals surface area contributed by atoms with E-state index in [2.05, 4.69) is 28.0 Å². The molecule has 0 aliphatic heterocycles. The minimum Gasteiger partial charge on any atom is -0.394 e. The predicted octanol–water partition coefficient (Wildman–Crippen LogP) is 1.48. The minimum atomic E-state index is -0.125. The van der Waals surface area contributed by atoms with Gasteiger partial charge in [0, 0.05) is 0 Å². The zero-order chi connectivity index (χ0) is 12.9. The van der Waals surface area contributed by atoms with Gasteiger partial charge in [-0.3, -0.25) is 0 Å². The fourth-order valence-electron chi connectivity index (χ4n) is 0.0680. The van der Waals surface area contributed by atoms with Crippen LogP contribution in [-0.4, -0.2) is 37.6 Å². The lowest BCUT2D eigenvalue weighted by molar-refractivity contribution is -0.491. The summed E-state index contributed by atoms with van der Waals surface area (Å²) in [4.78, 5) is 7.94. The smallest absolute Gasteiger partial charge is 0.0744 e. The second-order valence-corrected chi connectivity index (χ2v) is 1.67. The first-order valence-electron chi connectivity index (χ1n) is 4.25. The van der Waals surface area contributed by atoms with Gasteiger partial charge in [-0.25, -0.2) is 9.78 Å². The number of rotatable bonds is 3. The van der Waals surface area contributed by atoms with Crippen LogP contribution in [0.5, 0.6) is 0 Å². The fourth-order valence-corrected chi connectivity index (χ4v) is 0.0680. The third-order valence-corrected chi connectivity index (χ3v) is 0.236. The molecule has 15 heavy (non-hydrogen) atoms. The molecule has 0 aromatic heterocycles. The van der Waals surface area contributed by atoms with Gasteiger partial charge in [-0.1, -0.05) is 17.2 Å². The summed E-state index contributed by atoms with van der Waals surface area (Å²) < 4.78 is 0. The quantitative estimate of drug-likeness (QED) is 0.432. The van der Waals surface area contributed by atoms with Gasteiger partial charge >= 0.3 is 0 Å². The van der Waals surface area contributed by atoms with Crippen molar-refractivity contribution in [3.05, 3.63) is 25.3 Å². The van der Waals surface area contributed by atoms with Crippen molar-refractivity contribution in [1.82, 2.24) is 0 Å². The molecule has 0 aliphatic rings. The second-order valence-electron chi connectivity index (χ2n) is 1.67. The summed E-state index contributed by atoms with van der Waals surface area (Å²) in [5, 5.41) is 19.1. The average Bonchev–Trinajstić information content (AvgIpc) is 2.22. The van der Waals surface area contributed by atoms with Crippen molar-refractivity contribution >= 4 is 0 Å². The summed E-state index contributed by atoms with van der Waals surface area (Å²) in [6.45, 7) is 10.2. The van der Waals surface area contributed by atoms with E-state index in [0.29, 0.717) is 0 Å². The highest BCUT2D eigenvalue weighted by molar-refractivity contribution is 4.51. The molecule has 94 valence electrons. The Labute approximate surface area is 92.4 Å². The van der Waals surface area contributed by atoms with E-state index in [9.17, 15) is 0 Å². The topological polar surface area (TPSA) is 68.2 Å². The van der Waals surface area contributed by atoms with E-state index in [1.54, 1.807) is 12.2 Å². The van der Waals surface area contributed by atoms with Crippen LogP contribution in [0, 0.1) is 0 Å². The van der Waals surface area contributed by atoms with Crippen molar-refractivity contribution in [1.29, 1.82) is 0 Å². The molecular weight excluding hydrogens is 200 g/mol. The molecule has 2 N–H and O–H groups in total. The van der Waals surface area contributed by atoms with Gasteiger partial charge in [0.05, 0.1) is 27.4 Å². The molecule has 0 saturated carbocycles. The number of allylic oxidation sites excluding steroid dienone is 2. The lowest BCUT2D eigenvalue weighted by Gasteiger charge is -1.85. The number of aliphatic hydroxyl groups is 2. The first kappa shape index (κ1) is 23.8. The molecule has 0 unspecified atom stereocenters. The Bertz CT molecular complexity index is 75.9. The maximum Gasteiger partial charge on any atom is 0.0744 e. The molecule has 0 bridgehead atoms. The van der Waals surface area contributed by atoms with E-state index in [-0.39, 0.29) is 13.2 Å². The second kappa shape index (κ2) is 50.8. The summed E-state index contributed by atoms with van der Waals surface area (Å²) in [6.07, 6.45) is 3.50. The van der Waals surface area contributed by atoms with Gasteiger partial charge in [-0.15, -0.1) is 13.2 Å². The van der Waals surface area contributed by atoms with Crippen LogP contribution in [0.1, 0.15) is 13.8 Å². The Kier molecular flexibility index (Phi) is 80.7. The van der Waals surface area contributed by atoms with E-state index in [1.165, 1.54) is 14.2 Å². The highest BCUT2D eigenvalue weighted by Gasteiger charge is 1.62. The van der Waals surface area contributed by atoms with Crippen molar-refractivity contribution in [3.63, 3.8) is 0 Å². The van der Waals surface area contributed by atoms with Crippen LogP contribution < -0.4 is 0 Å². The zero-order valence-electron chi connectivity index (χ0n) is 10.1. The Hall–Kier alpha value is -0.720. The van der Waals surface area contributed by atoms with Crippen molar-refractivity contribution < 1.29 is 25.0 Å². The Morgan fingerprint density at radius 2 is 1.13 bits per heavy atom. The molecule has 0 spiro atoms. The van der Waals surface area contributed by atoms with E-state index >= 15 is 0 Å². The van der Waals surface area contributed by atoms with E-state index < -0.39 is 0 Å². The first-order chi connectivity index (χ1) is 7.16. The van der Waals surface area contributed by atoms with Crippen LogP contribution in [0.15, 0.2) is 25.3 Å². The third kappa shape index (κ3) is 325. The molecule has 0 aromatic carbocycles. The molecule has 0 saturated heterocycles. The highest BCUT2D eigenvalue weighted by Crippen LogP contribution is 1.64. The van der Waals surface area contributed by atoms with Crippen LogP contribution in [0.4, 0.5) is 0 Å². The first-order valence-corrected chi connectivity index (χ1v) is 4.25. The van der Waals surface area contributed by atoms with Crippen LogP contribution in [0.2, 0.25) is 0 Å². The zero-order valence-corrected chi connectivity index (χ0v) is 10.1. The molecule has 0 rings (SSSR count). The number of aliphatic hydroxyl groups excluding tert-OH is 2. The Morgan fingerprint density at radius 1 is 0.933 bits per heavy atom. The largest absolute Gasteiger partial charge is 0.394 e. The van der Waals surface area contributed by atoms with Crippen molar-refractivity contribution in [3.8, 4) is 0 Å². The molecule has 0 aliphatic carbocycles. The molecule has 0 atom stereocenters. The molecular formula is C10H24O5. The lowest BCUT2D eigenvalue weighted by atomic mass is 10.8. The van der Waals surface area contributed by atoms with E-state index in [1.807, 2.05) is 13.8 Å². The Balaban J connectivity index is -0.0000000553. The van der Waals surface area contributed by atoms with E-state index in [0.717, 1.165) is 0 Å². The molecule has 0 radical (unpaired) electrons. The summed E-state index contributed by atoms with van der Waals surface area (Å²) in [6, 6.07) is 0. The van der Waals surface area contributed by atoms with Crippen LogP contribution in [0.25, 0.3) is 0 Å². The Morgan fingerprint density at radius 3 is 1.13 bits per heavy atom. The molecule has 0 amide bonds. The SMILES string of the molecule is C=CC.C=CC.COOOC.OCCO. The third-order valence-electron chi connectivity index (χ3n) is 0.236. The lowest BCUT2D eigenvalue weighted by Crippen LogP contribution is -1.85. The average molecular weight is 224 g/mol. The number of hydrogen-bond donors (Lipinski definition) is 2. The van der Waals surface area contributed by atoms with Crippen LogP contribution in [-0.2, 0) is 14.8 Å². The highest BCUT2D eigenvalue weighted by atomic mass is 17.5. The van der Waals surface area contributed by atoms with Gasteiger partial charge in [0.2, 0.25) is 0 Å². The number of hydrogen-bond acceptors (Lipinski definition) is 5. The molecule has 5 nitrogen and oxygen atoms in total. The molecule has 5 heteroatoms. The minimum absolute atomic E-state index is 0.125.